The van der Waals surface area contributed by atoms with Gasteiger partial charge in [0.05, 0.1) is 0 Å². The van der Waals surface area contributed by atoms with Gasteiger partial charge in [0.2, 0.25) is 0 Å². The van der Waals surface area contributed by atoms with E-state index < -0.39 is 12.0 Å². The van der Waals surface area contributed by atoms with E-state index in [0.717, 1.165) is 0 Å². The van der Waals surface area contributed by atoms with E-state index in [0.29, 0.717) is 10.0 Å². The third-order valence-electron chi connectivity index (χ3n) is 2.21. The highest BCUT2D eigenvalue weighted by Crippen LogP contribution is 2.34. The Kier molecular flexibility index (Phi) is 4.28. The molecule has 1 aromatic carbocycles. The molecule has 0 fully saturated rings. The fourth-order valence-electron chi connectivity index (χ4n) is 1.39. The van der Waals surface area contributed by atoms with Crippen molar-refractivity contribution in [2.45, 2.75) is 12.5 Å². The van der Waals surface area contributed by atoms with Crippen LogP contribution < -0.4 is 5.73 Å². The summed E-state index contributed by atoms with van der Waals surface area (Å²) in [5, 5.41) is 27.4. The van der Waals surface area contributed by atoms with E-state index in [1.54, 1.807) is 0 Å². The van der Waals surface area contributed by atoms with Crippen LogP contribution in [0.25, 0.3) is 0 Å². The molecule has 0 aromatic heterocycles. The van der Waals surface area contributed by atoms with Gasteiger partial charge in [-0.2, -0.15) is 0 Å². The largest absolute Gasteiger partial charge is 0.507 e. The van der Waals surface area contributed by atoms with Crippen molar-refractivity contribution in [2.75, 3.05) is 6.61 Å². The Morgan fingerprint density at radius 3 is 2.62 bits per heavy atom. The van der Waals surface area contributed by atoms with Crippen molar-refractivity contribution in [2.24, 2.45) is 5.73 Å². The second kappa shape index (κ2) is 5.29. The molecule has 0 aliphatic carbocycles. The van der Waals surface area contributed by atoms with Gasteiger partial charge in [-0.15, -0.1) is 0 Å². The first-order chi connectivity index (χ1) is 7.49. The van der Waals surface area contributed by atoms with Gasteiger partial charge in [-0.25, -0.2) is 4.79 Å². The standard InChI is InChI=1S/C10H12BrNO4/c11-6-2-1-5(10(15)16)9(14)8(6)7(12)3-4-13/h1-2,7,13-14H,3-4,12H2,(H,15,16)/t7-/m0/s1. The maximum Gasteiger partial charge on any atom is 0.339 e. The number of hydrogen-bond donors (Lipinski definition) is 4. The summed E-state index contributed by atoms with van der Waals surface area (Å²) in [5.74, 6) is -1.58. The number of aromatic hydroxyl groups is 1. The van der Waals surface area contributed by atoms with Gasteiger partial charge in [-0.3, -0.25) is 0 Å². The smallest absolute Gasteiger partial charge is 0.339 e. The highest BCUT2D eigenvalue weighted by atomic mass is 79.9. The number of hydrogen-bond acceptors (Lipinski definition) is 4. The highest BCUT2D eigenvalue weighted by molar-refractivity contribution is 9.10. The molecular weight excluding hydrogens is 278 g/mol. The fourth-order valence-corrected chi connectivity index (χ4v) is 2.01. The maximum atomic E-state index is 10.8. The summed E-state index contributed by atoms with van der Waals surface area (Å²) in [6.45, 7) is -0.135. The number of halogens is 1. The van der Waals surface area contributed by atoms with Crippen LogP contribution in [0.15, 0.2) is 16.6 Å². The average molecular weight is 290 g/mol. The molecule has 0 aliphatic rings. The Morgan fingerprint density at radius 2 is 2.12 bits per heavy atom. The molecule has 0 saturated carbocycles. The summed E-state index contributed by atoms with van der Waals surface area (Å²) >= 11 is 3.19. The van der Waals surface area contributed by atoms with Gasteiger partial charge in [0.1, 0.15) is 11.3 Å². The van der Waals surface area contributed by atoms with Crippen LogP contribution in [0, 0.1) is 0 Å². The Hall–Kier alpha value is -1.11. The van der Waals surface area contributed by atoms with E-state index in [4.69, 9.17) is 15.9 Å². The van der Waals surface area contributed by atoms with Gasteiger partial charge in [0.15, 0.2) is 0 Å². The second-order valence-corrected chi connectivity index (χ2v) is 4.14. The number of benzene rings is 1. The molecule has 0 bridgehead atoms. The van der Waals surface area contributed by atoms with E-state index in [-0.39, 0.29) is 24.3 Å². The van der Waals surface area contributed by atoms with Crippen LogP contribution in [0.1, 0.15) is 28.4 Å². The first-order valence-corrected chi connectivity index (χ1v) is 5.39. The minimum atomic E-state index is -1.22. The van der Waals surface area contributed by atoms with Gasteiger partial charge in [-0.1, -0.05) is 15.9 Å². The summed E-state index contributed by atoms with van der Waals surface area (Å²) in [4.78, 5) is 10.8. The van der Waals surface area contributed by atoms with E-state index in [1.807, 2.05) is 0 Å². The number of nitrogens with two attached hydrogens (primary N) is 1. The molecule has 5 nitrogen and oxygen atoms in total. The zero-order valence-electron chi connectivity index (χ0n) is 8.35. The molecule has 0 unspecified atom stereocenters. The zero-order chi connectivity index (χ0) is 12.3. The van der Waals surface area contributed by atoms with Crippen molar-refractivity contribution in [3.63, 3.8) is 0 Å². The summed E-state index contributed by atoms with van der Waals surface area (Å²) < 4.78 is 0.524. The number of aromatic carboxylic acids is 1. The lowest BCUT2D eigenvalue weighted by Crippen LogP contribution is -2.14. The van der Waals surface area contributed by atoms with Crippen LogP contribution in [0.3, 0.4) is 0 Å². The van der Waals surface area contributed by atoms with Gasteiger partial charge in [-0.05, 0) is 18.6 Å². The SMILES string of the molecule is N[C@@H](CCO)c1c(Br)ccc(C(=O)O)c1O. The fraction of sp³-hybridized carbons (Fsp3) is 0.300. The first kappa shape index (κ1) is 13.0. The number of carboxylic acids is 1. The number of phenols is 1. The molecule has 0 saturated heterocycles. The van der Waals surface area contributed by atoms with Crippen LogP contribution in [-0.4, -0.2) is 27.9 Å². The van der Waals surface area contributed by atoms with Crippen molar-refractivity contribution in [1.29, 1.82) is 0 Å². The molecule has 1 rings (SSSR count). The van der Waals surface area contributed by atoms with Crippen molar-refractivity contribution in [3.8, 4) is 5.75 Å². The molecule has 88 valence electrons. The van der Waals surface area contributed by atoms with Crippen LogP contribution in [-0.2, 0) is 0 Å². The van der Waals surface area contributed by atoms with Gasteiger partial charge in [0, 0.05) is 22.7 Å². The quantitative estimate of drug-likeness (QED) is 0.668. The van der Waals surface area contributed by atoms with E-state index in [9.17, 15) is 9.90 Å². The second-order valence-electron chi connectivity index (χ2n) is 3.28. The molecular formula is C10H12BrNO4. The monoisotopic (exact) mass is 289 g/mol. The Bertz CT molecular complexity index is 408. The van der Waals surface area contributed by atoms with Crippen molar-refractivity contribution in [1.82, 2.24) is 0 Å². The first-order valence-electron chi connectivity index (χ1n) is 4.60. The Labute approximate surface area is 101 Å². The summed E-state index contributed by atoms with van der Waals surface area (Å²) in [6, 6.07) is 2.19. The van der Waals surface area contributed by atoms with E-state index in [2.05, 4.69) is 15.9 Å². The lowest BCUT2D eigenvalue weighted by atomic mass is 10.0. The predicted octanol–water partition coefficient (Wildman–Crippen LogP) is 1.24. The van der Waals surface area contributed by atoms with Crippen LogP contribution >= 0.6 is 15.9 Å². The third-order valence-corrected chi connectivity index (χ3v) is 2.90. The molecule has 6 heteroatoms. The Balaban J connectivity index is 3.26. The minimum Gasteiger partial charge on any atom is -0.507 e. The molecule has 0 aliphatic heterocycles. The van der Waals surface area contributed by atoms with Crippen molar-refractivity contribution < 1.29 is 20.1 Å². The van der Waals surface area contributed by atoms with Crippen LogP contribution in [0.5, 0.6) is 5.75 Å². The van der Waals surface area contributed by atoms with Crippen molar-refractivity contribution in [3.05, 3.63) is 27.7 Å². The van der Waals surface area contributed by atoms with Crippen molar-refractivity contribution >= 4 is 21.9 Å². The van der Waals surface area contributed by atoms with Gasteiger partial charge in [0.25, 0.3) is 0 Å². The average Bonchev–Trinajstić information content (AvgIpc) is 2.17. The maximum absolute atomic E-state index is 10.8. The number of aliphatic hydroxyl groups excluding tert-OH is 1. The van der Waals surface area contributed by atoms with Crippen LogP contribution in [0.4, 0.5) is 0 Å². The summed E-state index contributed by atoms with van der Waals surface area (Å²) in [5.41, 5.74) is 5.83. The molecule has 1 atom stereocenters. The van der Waals surface area contributed by atoms with Gasteiger partial charge < -0.3 is 21.1 Å². The van der Waals surface area contributed by atoms with Gasteiger partial charge >= 0.3 is 5.97 Å². The summed E-state index contributed by atoms with van der Waals surface area (Å²) in [6.07, 6.45) is 0.245. The number of carboxylic acid groups (broad SMARTS) is 1. The zero-order valence-corrected chi connectivity index (χ0v) is 9.94. The van der Waals surface area contributed by atoms with Crippen LogP contribution in [0.2, 0.25) is 0 Å². The molecule has 0 amide bonds. The molecule has 16 heavy (non-hydrogen) atoms. The third kappa shape index (κ3) is 2.52. The van der Waals surface area contributed by atoms with E-state index >= 15 is 0 Å². The lowest BCUT2D eigenvalue weighted by molar-refractivity contribution is 0.0693. The normalized spacial score (nSPS) is 12.4. The molecule has 5 N–H and O–H groups in total. The van der Waals surface area contributed by atoms with E-state index in [1.165, 1.54) is 12.1 Å². The number of rotatable bonds is 4. The molecule has 1 aromatic rings. The Morgan fingerprint density at radius 1 is 1.50 bits per heavy atom. The summed E-state index contributed by atoms with van der Waals surface area (Å²) in [7, 11) is 0. The molecule has 0 heterocycles. The lowest BCUT2D eigenvalue weighted by Gasteiger charge is -2.15. The predicted molar refractivity (Wildman–Crippen MR) is 61.4 cm³/mol. The topological polar surface area (TPSA) is 104 Å². The minimum absolute atomic E-state index is 0.135. The molecule has 0 radical (unpaired) electrons. The molecule has 0 spiro atoms. The number of carbonyl (C=O) groups is 1. The highest BCUT2D eigenvalue weighted by Gasteiger charge is 2.20. The number of aliphatic hydroxyl groups is 1.